The smallest absolute Gasteiger partial charge is 0.335 e. The largest absolute Gasteiger partial charge is 0.507 e. The molecule has 3 aromatic rings. The van der Waals surface area contributed by atoms with E-state index in [9.17, 15) is 19.8 Å². The Morgan fingerprint density at radius 2 is 1.82 bits per heavy atom. The number of rotatable bonds is 5. The maximum atomic E-state index is 13.4. The second-order valence-electron chi connectivity index (χ2n) is 7.96. The number of pyridine rings is 1. The van der Waals surface area contributed by atoms with Crippen molar-refractivity contribution < 1.29 is 19.8 Å². The SMILES string of the molecule is O=C1/C(=N\NC2(C(=O)O)C=CC=C(c3ccccc3O)C2)c2ccccc2N1c1cccnc1. The summed E-state index contributed by atoms with van der Waals surface area (Å²) in [5.41, 5.74) is 4.23. The number of para-hydroxylation sites is 2. The van der Waals surface area contributed by atoms with Gasteiger partial charge in [-0.05, 0) is 35.9 Å². The molecule has 0 bridgehead atoms. The third-order valence-electron chi connectivity index (χ3n) is 5.86. The highest BCUT2D eigenvalue weighted by Gasteiger charge is 2.41. The maximum absolute atomic E-state index is 13.4. The first-order valence-corrected chi connectivity index (χ1v) is 10.6. The van der Waals surface area contributed by atoms with Gasteiger partial charge in [-0.3, -0.25) is 20.1 Å². The van der Waals surface area contributed by atoms with Crippen molar-refractivity contribution >= 4 is 34.5 Å². The summed E-state index contributed by atoms with van der Waals surface area (Å²) in [5.74, 6) is -1.49. The van der Waals surface area contributed by atoms with Gasteiger partial charge < -0.3 is 10.2 Å². The lowest BCUT2D eigenvalue weighted by Crippen LogP contribution is -2.49. The van der Waals surface area contributed by atoms with Crippen LogP contribution in [0.1, 0.15) is 17.5 Å². The molecule has 2 aromatic carbocycles. The van der Waals surface area contributed by atoms with Crippen molar-refractivity contribution in [3.63, 3.8) is 0 Å². The van der Waals surface area contributed by atoms with Crippen molar-refractivity contribution in [3.8, 4) is 5.75 Å². The van der Waals surface area contributed by atoms with Gasteiger partial charge in [-0.15, -0.1) is 0 Å². The van der Waals surface area contributed by atoms with Crippen molar-refractivity contribution in [2.24, 2.45) is 5.10 Å². The van der Waals surface area contributed by atoms with Crippen LogP contribution in [0.5, 0.6) is 5.75 Å². The Hall–Kier alpha value is -4.72. The Morgan fingerprint density at radius 1 is 1.06 bits per heavy atom. The Labute approximate surface area is 195 Å². The number of hydrogen-bond acceptors (Lipinski definition) is 6. The van der Waals surface area contributed by atoms with Gasteiger partial charge in [0.2, 0.25) is 0 Å². The lowest BCUT2D eigenvalue weighted by Gasteiger charge is -2.29. The third-order valence-corrected chi connectivity index (χ3v) is 5.86. The van der Waals surface area contributed by atoms with Crippen LogP contribution in [0.15, 0.2) is 96.4 Å². The number of nitrogens with zero attached hydrogens (tertiary/aromatic N) is 3. The Balaban J connectivity index is 1.50. The molecule has 1 aromatic heterocycles. The number of aromatic nitrogens is 1. The average molecular weight is 452 g/mol. The second kappa shape index (κ2) is 8.32. The van der Waals surface area contributed by atoms with Gasteiger partial charge >= 0.3 is 5.97 Å². The molecule has 2 heterocycles. The van der Waals surface area contributed by atoms with Crippen LogP contribution in [0.3, 0.4) is 0 Å². The van der Waals surface area contributed by atoms with E-state index >= 15 is 0 Å². The van der Waals surface area contributed by atoms with Gasteiger partial charge in [0, 0.05) is 23.7 Å². The predicted molar refractivity (Wildman–Crippen MR) is 128 cm³/mol. The number of phenolic OH excluding ortho intramolecular Hbond substituents is 1. The standard InChI is InChI=1S/C26H20N4O4/c31-22-12-4-2-9-19(22)17-7-5-13-26(15-17,25(33)34)29-28-23-20-10-1-3-11-21(20)30(24(23)32)18-8-6-14-27-16-18/h1-14,16,29,31H,15H2,(H,33,34)/b28-23-. The number of aromatic hydroxyl groups is 1. The molecule has 8 nitrogen and oxygen atoms in total. The lowest BCUT2D eigenvalue weighted by atomic mass is 9.84. The van der Waals surface area contributed by atoms with E-state index in [4.69, 9.17) is 0 Å². The number of phenols is 1. The number of anilines is 2. The molecule has 3 N–H and O–H groups in total. The van der Waals surface area contributed by atoms with E-state index in [2.05, 4.69) is 15.5 Å². The van der Waals surface area contributed by atoms with E-state index in [0.717, 1.165) is 0 Å². The molecule has 1 unspecified atom stereocenters. The van der Waals surface area contributed by atoms with Gasteiger partial charge in [0.05, 0.1) is 17.6 Å². The normalized spacial score (nSPS) is 20.2. The molecular weight excluding hydrogens is 432 g/mol. The Morgan fingerprint density at radius 3 is 2.56 bits per heavy atom. The van der Waals surface area contributed by atoms with Gasteiger partial charge in [0.1, 0.15) is 5.75 Å². The van der Waals surface area contributed by atoms with Gasteiger partial charge in [-0.25, -0.2) is 4.79 Å². The van der Waals surface area contributed by atoms with Crippen molar-refractivity contribution in [1.29, 1.82) is 0 Å². The Bertz CT molecular complexity index is 1380. The molecule has 0 saturated carbocycles. The van der Waals surface area contributed by atoms with Crippen molar-refractivity contribution in [2.45, 2.75) is 12.0 Å². The predicted octanol–water partition coefficient (Wildman–Crippen LogP) is 3.63. The first-order chi connectivity index (χ1) is 16.5. The number of carboxylic acids is 1. The number of nitrogens with one attached hydrogen (secondary N) is 1. The summed E-state index contributed by atoms with van der Waals surface area (Å²) >= 11 is 0. The molecule has 1 aliphatic carbocycles. The molecule has 34 heavy (non-hydrogen) atoms. The number of amides is 1. The van der Waals surface area contributed by atoms with Crippen LogP contribution in [0.2, 0.25) is 0 Å². The zero-order valence-electron chi connectivity index (χ0n) is 17.9. The molecular formula is C26H20N4O4. The lowest BCUT2D eigenvalue weighted by molar-refractivity contribution is -0.142. The molecule has 8 heteroatoms. The molecule has 0 saturated heterocycles. The fraction of sp³-hybridized carbons (Fsp3) is 0.0769. The minimum Gasteiger partial charge on any atom is -0.507 e. The van der Waals surface area contributed by atoms with Gasteiger partial charge in [-0.1, -0.05) is 48.6 Å². The van der Waals surface area contributed by atoms with Crippen LogP contribution in [0.25, 0.3) is 5.57 Å². The number of carbonyl (C=O) groups excluding carboxylic acids is 1. The highest BCUT2D eigenvalue weighted by Crippen LogP contribution is 2.37. The number of hydrazone groups is 1. The third kappa shape index (κ3) is 3.51. The van der Waals surface area contributed by atoms with E-state index in [0.29, 0.717) is 28.1 Å². The van der Waals surface area contributed by atoms with Crippen LogP contribution in [-0.2, 0) is 9.59 Å². The number of carbonyl (C=O) groups is 2. The highest BCUT2D eigenvalue weighted by molar-refractivity contribution is 6.55. The quantitative estimate of drug-likeness (QED) is 0.510. The number of fused-ring (bicyclic) bond motifs is 1. The zero-order chi connectivity index (χ0) is 23.7. The molecule has 1 atom stereocenters. The summed E-state index contributed by atoms with van der Waals surface area (Å²) in [7, 11) is 0. The van der Waals surface area contributed by atoms with E-state index in [-0.39, 0.29) is 17.9 Å². The molecule has 0 radical (unpaired) electrons. The fourth-order valence-electron chi connectivity index (χ4n) is 4.15. The van der Waals surface area contributed by atoms with Crippen molar-refractivity contribution in [2.75, 3.05) is 4.90 Å². The van der Waals surface area contributed by atoms with Crippen molar-refractivity contribution in [1.82, 2.24) is 10.4 Å². The van der Waals surface area contributed by atoms with E-state index in [1.54, 1.807) is 79.1 Å². The number of hydrogen-bond donors (Lipinski definition) is 3. The summed E-state index contributed by atoms with van der Waals surface area (Å²) in [6.07, 6.45) is 8.08. The zero-order valence-corrected chi connectivity index (χ0v) is 17.9. The topological polar surface area (TPSA) is 115 Å². The van der Waals surface area contributed by atoms with Crippen LogP contribution in [0, 0.1) is 0 Å². The maximum Gasteiger partial charge on any atom is 0.335 e. The van der Waals surface area contributed by atoms with E-state index < -0.39 is 17.4 Å². The molecule has 2 aliphatic rings. The highest BCUT2D eigenvalue weighted by atomic mass is 16.4. The molecule has 0 fully saturated rings. The Kier molecular flexibility index (Phi) is 5.18. The summed E-state index contributed by atoms with van der Waals surface area (Å²) in [6, 6.07) is 17.4. The van der Waals surface area contributed by atoms with Crippen LogP contribution in [0.4, 0.5) is 11.4 Å². The van der Waals surface area contributed by atoms with Gasteiger partial charge in [0.15, 0.2) is 11.3 Å². The summed E-state index contributed by atoms with van der Waals surface area (Å²) < 4.78 is 0. The van der Waals surface area contributed by atoms with Crippen molar-refractivity contribution in [3.05, 3.63) is 102 Å². The fourth-order valence-corrected chi connectivity index (χ4v) is 4.15. The van der Waals surface area contributed by atoms with Gasteiger partial charge in [0.25, 0.3) is 5.91 Å². The first-order valence-electron chi connectivity index (χ1n) is 10.6. The second-order valence-corrected chi connectivity index (χ2v) is 7.96. The molecule has 168 valence electrons. The molecule has 0 spiro atoms. The molecule has 1 aliphatic heterocycles. The van der Waals surface area contributed by atoms with E-state index in [1.165, 1.54) is 11.0 Å². The number of carboxylic acid groups (broad SMARTS) is 1. The monoisotopic (exact) mass is 452 g/mol. The van der Waals surface area contributed by atoms with Crippen LogP contribution in [-0.4, -0.2) is 38.3 Å². The first kappa shape index (κ1) is 21.1. The summed E-state index contributed by atoms with van der Waals surface area (Å²) in [4.78, 5) is 31.3. The van der Waals surface area contributed by atoms with Gasteiger partial charge in [-0.2, -0.15) is 5.10 Å². The summed E-state index contributed by atoms with van der Waals surface area (Å²) in [6.45, 7) is 0. The van der Waals surface area contributed by atoms with Crippen LogP contribution >= 0.6 is 0 Å². The van der Waals surface area contributed by atoms with E-state index in [1.807, 2.05) is 6.07 Å². The molecule has 5 rings (SSSR count). The number of benzene rings is 2. The summed E-state index contributed by atoms with van der Waals surface area (Å²) in [5, 5.41) is 24.7. The molecule has 1 amide bonds. The minimum absolute atomic E-state index is 0.0232. The van der Waals surface area contributed by atoms with Crippen LogP contribution < -0.4 is 10.3 Å². The minimum atomic E-state index is -1.60. The number of aliphatic carboxylic acids is 1. The number of allylic oxidation sites excluding steroid dienone is 2. The average Bonchev–Trinajstić information content (AvgIpc) is 3.14.